The summed E-state index contributed by atoms with van der Waals surface area (Å²) in [5.74, 6) is -1.56. The number of nitrogens with zero attached hydrogens (tertiary/aromatic N) is 4. The Kier molecular flexibility index (Phi) is 4.65. The second-order valence-electron chi connectivity index (χ2n) is 5.73. The van der Waals surface area contributed by atoms with Crippen molar-refractivity contribution in [1.29, 1.82) is 0 Å². The van der Waals surface area contributed by atoms with Crippen LogP contribution in [-0.4, -0.2) is 30.6 Å². The first-order valence-corrected chi connectivity index (χ1v) is 7.55. The Morgan fingerprint density at radius 3 is 1.96 bits per heavy atom. The van der Waals surface area contributed by atoms with Gasteiger partial charge in [-0.25, -0.2) is 9.48 Å². The van der Waals surface area contributed by atoms with Gasteiger partial charge in [0.05, 0.1) is 17.7 Å². The van der Waals surface area contributed by atoms with E-state index in [2.05, 4.69) is 10.3 Å². The van der Waals surface area contributed by atoms with Crippen molar-refractivity contribution in [2.45, 2.75) is 18.9 Å². The molecule has 12 heteroatoms. The Bertz CT molecular complexity index is 973. The van der Waals surface area contributed by atoms with Crippen LogP contribution in [0, 0.1) is 0 Å². The van der Waals surface area contributed by atoms with Crippen molar-refractivity contribution in [1.82, 2.24) is 19.6 Å². The third-order valence-corrected chi connectivity index (χ3v) is 3.74. The van der Waals surface area contributed by atoms with Gasteiger partial charge in [-0.3, -0.25) is 0 Å². The number of carbonyl (C=O) groups is 1. The first-order chi connectivity index (χ1) is 13.0. The molecule has 0 spiro atoms. The van der Waals surface area contributed by atoms with E-state index in [0.717, 1.165) is 4.68 Å². The molecular weight excluding hydrogens is 394 g/mol. The van der Waals surface area contributed by atoms with E-state index in [1.54, 1.807) is 12.1 Å². The summed E-state index contributed by atoms with van der Waals surface area (Å²) < 4.78 is 80.2. The van der Waals surface area contributed by atoms with Gasteiger partial charge in [0.1, 0.15) is 0 Å². The van der Waals surface area contributed by atoms with Crippen LogP contribution in [0.3, 0.4) is 0 Å². The molecule has 0 aliphatic heterocycles. The van der Waals surface area contributed by atoms with E-state index in [4.69, 9.17) is 0 Å². The van der Waals surface area contributed by atoms with Gasteiger partial charge in [-0.1, -0.05) is 5.21 Å². The lowest BCUT2D eigenvalue weighted by atomic mass is 10.0. The molecule has 148 valence electrons. The fourth-order valence-corrected chi connectivity index (χ4v) is 2.57. The van der Waals surface area contributed by atoms with E-state index in [-0.39, 0.29) is 17.4 Å². The van der Waals surface area contributed by atoms with E-state index in [9.17, 15) is 36.2 Å². The predicted octanol–water partition coefficient (Wildman–Crippen LogP) is 3.85. The van der Waals surface area contributed by atoms with Gasteiger partial charge in [0.15, 0.2) is 5.82 Å². The molecule has 0 aliphatic rings. The molecule has 0 atom stereocenters. The summed E-state index contributed by atoms with van der Waals surface area (Å²) in [5, 5.41) is 16.3. The van der Waals surface area contributed by atoms with Crippen LogP contribution in [0.15, 0.2) is 42.7 Å². The predicted molar refractivity (Wildman–Crippen MR) is 81.9 cm³/mol. The van der Waals surface area contributed by atoms with Crippen LogP contribution in [0.5, 0.6) is 0 Å². The zero-order valence-electron chi connectivity index (χ0n) is 13.7. The smallest absolute Gasteiger partial charge is 0.416 e. The van der Waals surface area contributed by atoms with Gasteiger partial charge in [-0.15, -0.1) is 5.10 Å². The molecule has 3 rings (SSSR count). The molecule has 6 nitrogen and oxygen atoms in total. The van der Waals surface area contributed by atoms with Gasteiger partial charge < -0.3 is 9.67 Å². The highest BCUT2D eigenvalue weighted by Gasteiger charge is 2.37. The lowest BCUT2D eigenvalue weighted by molar-refractivity contribution is -0.143. The molecule has 2 aromatic heterocycles. The van der Waals surface area contributed by atoms with Crippen LogP contribution in [0.2, 0.25) is 0 Å². The number of carboxylic acid groups (broad SMARTS) is 1. The Morgan fingerprint density at radius 1 is 0.964 bits per heavy atom. The number of hydrogen-bond acceptors (Lipinski definition) is 3. The first kappa shape index (κ1) is 19.5. The highest BCUT2D eigenvalue weighted by Crippen LogP contribution is 2.36. The standard InChI is InChI=1S/C16H10F6N4O2/c17-15(18,19)10-5-9(6-11(7-10)16(20,21)22)8-26-13(25-3-1-2-4-25)12(14(27)28)23-24-26/h1-7H,8H2,(H,27,28). The van der Waals surface area contributed by atoms with Crippen LogP contribution in [0.4, 0.5) is 26.3 Å². The topological polar surface area (TPSA) is 72.9 Å². The number of hydrogen-bond donors (Lipinski definition) is 1. The highest BCUT2D eigenvalue weighted by molar-refractivity contribution is 5.88. The summed E-state index contributed by atoms with van der Waals surface area (Å²) in [5.41, 5.74) is -3.81. The Labute approximate surface area is 152 Å². The maximum atomic E-state index is 13.0. The van der Waals surface area contributed by atoms with Crippen LogP contribution in [0.1, 0.15) is 27.2 Å². The summed E-state index contributed by atoms with van der Waals surface area (Å²) in [6, 6.07) is 4.22. The van der Waals surface area contributed by atoms with Crippen molar-refractivity contribution < 1.29 is 36.2 Å². The van der Waals surface area contributed by atoms with Gasteiger partial charge in [-0.05, 0) is 35.9 Å². The first-order valence-electron chi connectivity index (χ1n) is 7.55. The van der Waals surface area contributed by atoms with E-state index in [1.165, 1.54) is 17.0 Å². The van der Waals surface area contributed by atoms with Gasteiger partial charge in [0, 0.05) is 12.4 Å². The zero-order chi connectivity index (χ0) is 20.7. The van der Waals surface area contributed by atoms with Crippen molar-refractivity contribution in [3.8, 4) is 5.82 Å². The van der Waals surface area contributed by atoms with Gasteiger partial charge in [0.2, 0.25) is 5.69 Å². The Morgan fingerprint density at radius 2 is 1.50 bits per heavy atom. The van der Waals surface area contributed by atoms with Crippen molar-refractivity contribution in [3.05, 3.63) is 65.1 Å². The Hall–Kier alpha value is -3.31. The van der Waals surface area contributed by atoms with Crippen molar-refractivity contribution in [2.75, 3.05) is 0 Å². The SMILES string of the molecule is O=C(O)c1nnn(Cc2cc(C(F)(F)F)cc(C(F)(F)F)c2)c1-n1cccc1. The molecule has 0 aliphatic carbocycles. The molecule has 1 N–H and O–H groups in total. The minimum absolute atomic E-state index is 0.0143. The summed E-state index contributed by atoms with van der Waals surface area (Å²) >= 11 is 0. The van der Waals surface area contributed by atoms with E-state index in [1.807, 2.05) is 0 Å². The molecule has 1 aromatic carbocycles. The Balaban J connectivity index is 2.11. The van der Waals surface area contributed by atoms with Crippen LogP contribution in [0.25, 0.3) is 5.82 Å². The summed E-state index contributed by atoms with van der Waals surface area (Å²) in [4.78, 5) is 11.3. The molecule has 3 aromatic rings. The number of rotatable bonds is 4. The second-order valence-corrected chi connectivity index (χ2v) is 5.73. The molecule has 0 bridgehead atoms. The van der Waals surface area contributed by atoms with Crippen molar-refractivity contribution in [2.24, 2.45) is 0 Å². The lowest BCUT2D eigenvalue weighted by Crippen LogP contribution is -2.14. The van der Waals surface area contributed by atoms with E-state index >= 15 is 0 Å². The van der Waals surface area contributed by atoms with Crippen LogP contribution >= 0.6 is 0 Å². The number of halogens is 6. The molecule has 2 heterocycles. The molecular formula is C16H10F6N4O2. The summed E-state index contributed by atoms with van der Waals surface area (Å²) in [6.07, 6.45) is -7.11. The summed E-state index contributed by atoms with van der Waals surface area (Å²) in [7, 11) is 0. The fourth-order valence-electron chi connectivity index (χ4n) is 2.57. The van der Waals surface area contributed by atoms with E-state index in [0.29, 0.717) is 12.1 Å². The third-order valence-electron chi connectivity index (χ3n) is 3.74. The molecule has 0 unspecified atom stereocenters. The molecule has 0 saturated carbocycles. The van der Waals surface area contributed by atoms with Gasteiger partial charge >= 0.3 is 18.3 Å². The zero-order valence-corrected chi connectivity index (χ0v) is 13.7. The third kappa shape index (κ3) is 3.85. The average Bonchev–Trinajstić information content (AvgIpc) is 3.21. The largest absolute Gasteiger partial charge is 0.476 e. The van der Waals surface area contributed by atoms with Gasteiger partial charge in [-0.2, -0.15) is 26.3 Å². The number of benzene rings is 1. The molecule has 28 heavy (non-hydrogen) atoms. The number of alkyl halides is 6. The van der Waals surface area contributed by atoms with E-state index < -0.39 is 41.7 Å². The van der Waals surface area contributed by atoms with Crippen LogP contribution in [-0.2, 0) is 18.9 Å². The maximum absolute atomic E-state index is 13.0. The normalized spacial score (nSPS) is 12.4. The maximum Gasteiger partial charge on any atom is 0.416 e. The minimum atomic E-state index is -4.99. The van der Waals surface area contributed by atoms with Crippen molar-refractivity contribution in [3.63, 3.8) is 0 Å². The minimum Gasteiger partial charge on any atom is -0.476 e. The van der Waals surface area contributed by atoms with Crippen LogP contribution < -0.4 is 0 Å². The van der Waals surface area contributed by atoms with Gasteiger partial charge in [0.25, 0.3) is 0 Å². The molecule has 0 radical (unpaired) electrons. The van der Waals surface area contributed by atoms with Crippen molar-refractivity contribution >= 4 is 5.97 Å². The summed E-state index contributed by atoms with van der Waals surface area (Å²) in [6.45, 7) is -0.555. The fraction of sp³-hybridized carbons (Fsp3) is 0.188. The number of aromatic carboxylic acids is 1. The quantitative estimate of drug-likeness (QED) is 0.671. The molecule has 0 amide bonds. The molecule has 0 saturated heterocycles. The highest BCUT2D eigenvalue weighted by atomic mass is 19.4. The number of aromatic nitrogens is 4. The number of carboxylic acids is 1. The second kappa shape index (κ2) is 6.69. The molecule has 0 fully saturated rings. The lowest BCUT2D eigenvalue weighted by Gasteiger charge is -2.15. The monoisotopic (exact) mass is 404 g/mol. The average molecular weight is 404 g/mol.